The van der Waals surface area contributed by atoms with Gasteiger partial charge in [0, 0.05) is 0 Å². The van der Waals surface area contributed by atoms with Gasteiger partial charge in [-0.3, -0.25) is 0 Å². The largest absolute Gasteiger partial charge is 1.00 e. The average Bonchev–Trinajstić information content (AvgIpc) is 1.79. The molecule has 0 bridgehead atoms. The average molecular weight is 514 g/mol. The van der Waals surface area contributed by atoms with Gasteiger partial charge in [0.25, 0.3) is 0 Å². The van der Waals surface area contributed by atoms with Gasteiger partial charge in [-0.05, 0) is 0 Å². The van der Waals surface area contributed by atoms with Gasteiger partial charge < -0.3 is 74.8 Å². The summed E-state index contributed by atoms with van der Waals surface area (Å²) in [7, 11) is -23.2. The van der Waals surface area contributed by atoms with Crippen molar-refractivity contribution in [1.82, 2.24) is 0 Å². The molecule has 162 valence electrons. The van der Waals surface area contributed by atoms with Gasteiger partial charge in [0.1, 0.15) is 0 Å². The van der Waals surface area contributed by atoms with Crippen LogP contribution in [0.15, 0.2) is 0 Å². The first-order chi connectivity index (χ1) is 10.0. The Morgan fingerprint density at radius 2 is 0.308 bits per heavy atom. The van der Waals surface area contributed by atoms with Crippen LogP contribution in [0.3, 0.4) is 0 Å². The maximum atomic E-state index is 8.88. The molecular weight excluding hydrogens is 498 g/mol. The first kappa shape index (κ1) is 41.8. The molecule has 0 atom stereocenters. The van der Waals surface area contributed by atoms with Crippen molar-refractivity contribution in [3.05, 3.63) is 0 Å². The Bertz CT molecular complexity index is 377. The molecule has 0 rings (SSSR count). The van der Waals surface area contributed by atoms with E-state index in [4.69, 9.17) is 96.2 Å². The number of hydrogen-bond donors (Lipinski definition) is 15. The van der Waals surface area contributed by atoms with E-state index >= 15 is 0 Å². The van der Waals surface area contributed by atoms with Crippen molar-refractivity contribution in [2.24, 2.45) is 0 Å². The van der Waals surface area contributed by atoms with Crippen LogP contribution in [0.25, 0.3) is 0 Å². The smallest absolute Gasteiger partial charge is 1.00 e. The van der Waals surface area contributed by atoms with E-state index in [1.54, 1.807) is 0 Å². The second kappa shape index (κ2) is 17.4. The maximum Gasteiger partial charge on any atom is 1.00 e. The second-order valence-electron chi connectivity index (χ2n) is 2.57. The number of hydrogen-bond acceptors (Lipinski definition) is 5. The Kier molecular flexibility index (Phi) is 28.0. The van der Waals surface area contributed by atoms with E-state index < -0.39 is 39.1 Å². The van der Waals surface area contributed by atoms with E-state index in [2.05, 4.69) is 0 Å². The first-order valence-corrected chi connectivity index (χ1v) is 11.7. The molecule has 0 aromatic rings. The summed E-state index contributed by atoms with van der Waals surface area (Å²) >= 11 is 0. The molecule has 0 aromatic carbocycles. The second-order valence-corrected chi connectivity index (χ2v) is 7.70. The summed E-state index contributed by atoms with van der Waals surface area (Å²) in [6.07, 6.45) is 0. The Balaban J connectivity index is -0.0000000364. The molecule has 26 heavy (non-hydrogen) atoms. The first-order valence-electron chi connectivity index (χ1n) is 3.91. The SMILES string of the molecule is O=P(O)(O)O.O=P(O)(O)O.O=P(O)(O)O.O=P(O)(O)O.O=P(O)(O)O.[H-].[Na+]. The summed E-state index contributed by atoms with van der Waals surface area (Å²) in [5, 5.41) is 0. The topological polar surface area (TPSA) is 389 Å². The van der Waals surface area contributed by atoms with Crippen LogP contribution < -0.4 is 29.6 Å². The van der Waals surface area contributed by atoms with Crippen LogP contribution in [-0.4, -0.2) is 73.4 Å². The van der Waals surface area contributed by atoms with E-state index in [1.165, 1.54) is 0 Å². The van der Waals surface area contributed by atoms with Crippen LogP contribution in [0.4, 0.5) is 0 Å². The Hall–Kier alpha value is 1.55. The Morgan fingerprint density at radius 1 is 0.308 bits per heavy atom. The summed E-state index contributed by atoms with van der Waals surface area (Å²) in [6.45, 7) is 0. The molecule has 0 saturated heterocycles. The molecule has 0 fully saturated rings. The van der Waals surface area contributed by atoms with Gasteiger partial charge in [0.15, 0.2) is 0 Å². The summed E-state index contributed by atoms with van der Waals surface area (Å²) in [4.78, 5) is 108. The molecule has 0 aliphatic carbocycles. The van der Waals surface area contributed by atoms with Gasteiger partial charge in [-0.25, -0.2) is 22.8 Å². The quantitative estimate of drug-likeness (QED) is 0.105. The molecule has 0 saturated carbocycles. The fraction of sp³-hybridized carbons (Fsp3) is 0. The zero-order chi connectivity index (χ0) is 22.5. The normalized spacial score (nSPS) is 11.3. The van der Waals surface area contributed by atoms with Crippen molar-refractivity contribution < 1.29 is 127 Å². The maximum absolute atomic E-state index is 8.88. The predicted molar refractivity (Wildman–Crippen MR) is 72.4 cm³/mol. The van der Waals surface area contributed by atoms with Gasteiger partial charge in [0.2, 0.25) is 0 Å². The molecule has 0 heterocycles. The monoisotopic (exact) mass is 514 g/mol. The van der Waals surface area contributed by atoms with Crippen LogP contribution in [-0.2, 0) is 22.8 Å². The fourth-order valence-electron chi connectivity index (χ4n) is 0. The minimum Gasteiger partial charge on any atom is -1.00 e. The van der Waals surface area contributed by atoms with E-state index in [0.717, 1.165) is 0 Å². The Labute approximate surface area is 166 Å². The van der Waals surface area contributed by atoms with Crippen molar-refractivity contribution in [2.75, 3.05) is 0 Å². The molecule has 0 radical (unpaired) electrons. The third-order valence-electron chi connectivity index (χ3n) is 0. The van der Waals surface area contributed by atoms with Crippen LogP contribution >= 0.6 is 39.1 Å². The summed E-state index contributed by atoms with van der Waals surface area (Å²) in [6, 6.07) is 0. The van der Waals surface area contributed by atoms with Crippen LogP contribution in [0.5, 0.6) is 0 Å². The minimum absolute atomic E-state index is 0. The third kappa shape index (κ3) is 6410. The third-order valence-corrected chi connectivity index (χ3v) is 0. The van der Waals surface area contributed by atoms with Gasteiger partial charge in [-0.2, -0.15) is 0 Å². The van der Waals surface area contributed by atoms with Crippen molar-refractivity contribution in [2.45, 2.75) is 0 Å². The fourth-order valence-corrected chi connectivity index (χ4v) is 0. The molecule has 0 aliphatic rings. The standard InChI is InChI=1S/Na.5H3O4P.H/c;5*1-5(2,3)4;/h;5*(H3,1,2,3,4);/q+1;;;;;;-1. The van der Waals surface area contributed by atoms with Crippen LogP contribution in [0, 0.1) is 0 Å². The van der Waals surface area contributed by atoms with E-state index in [-0.39, 0.29) is 31.0 Å². The summed E-state index contributed by atoms with van der Waals surface area (Å²) in [5.74, 6) is 0. The molecule has 0 aromatic heterocycles. The van der Waals surface area contributed by atoms with Gasteiger partial charge >= 0.3 is 68.7 Å². The van der Waals surface area contributed by atoms with Crippen molar-refractivity contribution in [3.63, 3.8) is 0 Å². The number of rotatable bonds is 0. The zero-order valence-corrected chi connectivity index (χ0v) is 18.5. The molecular formula is H16NaO20P5. The molecule has 0 amide bonds. The van der Waals surface area contributed by atoms with Crippen molar-refractivity contribution >= 4 is 39.1 Å². The Morgan fingerprint density at radius 3 is 0.308 bits per heavy atom. The molecule has 15 N–H and O–H groups in total. The van der Waals surface area contributed by atoms with Crippen molar-refractivity contribution in [1.29, 1.82) is 0 Å². The van der Waals surface area contributed by atoms with E-state index in [0.29, 0.717) is 0 Å². The minimum atomic E-state index is -4.64. The molecule has 0 aliphatic heterocycles. The van der Waals surface area contributed by atoms with Gasteiger partial charge in [0.05, 0.1) is 0 Å². The molecule has 20 nitrogen and oxygen atoms in total. The molecule has 0 unspecified atom stereocenters. The van der Waals surface area contributed by atoms with Crippen molar-refractivity contribution in [3.8, 4) is 0 Å². The van der Waals surface area contributed by atoms with Gasteiger partial charge in [-0.15, -0.1) is 0 Å². The van der Waals surface area contributed by atoms with E-state index in [1.807, 2.05) is 0 Å². The summed E-state index contributed by atoms with van der Waals surface area (Å²) < 4.78 is 44.4. The predicted octanol–water partition coefficient (Wildman–Crippen LogP) is -7.53. The van der Waals surface area contributed by atoms with Crippen LogP contribution in [0.2, 0.25) is 0 Å². The molecule has 0 spiro atoms. The number of phosphoric acid groups is 5. The van der Waals surface area contributed by atoms with E-state index in [9.17, 15) is 0 Å². The van der Waals surface area contributed by atoms with Crippen LogP contribution in [0.1, 0.15) is 1.43 Å². The molecule has 26 heteroatoms. The van der Waals surface area contributed by atoms with Gasteiger partial charge in [-0.1, -0.05) is 0 Å². The summed E-state index contributed by atoms with van der Waals surface area (Å²) in [5.41, 5.74) is 0. The zero-order valence-electron chi connectivity index (χ0n) is 13.0.